The number of aromatic nitrogens is 1. The van der Waals surface area contributed by atoms with Gasteiger partial charge in [-0.15, -0.1) is 0 Å². The molecule has 0 saturated carbocycles. The topological polar surface area (TPSA) is 4.93 Å². The third-order valence-corrected chi connectivity index (χ3v) is 1.92. The Hall–Kier alpha value is -1.57. The molecule has 66 valence electrons. The average molecular weight is 175 g/mol. The fraction of sp³-hybridized carbons (Fsp3) is 0.0909. The third kappa shape index (κ3) is 1.96. The maximum absolute atomic E-state index is 12.6. The summed E-state index contributed by atoms with van der Waals surface area (Å²) in [4.78, 5) is 0. The molecular formula is C11H10FN. The molecule has 0 saturated heterocycles. The minimum Gasteiger partial charge on any atom is -0.347 e. The highest BCUT2D eigenvalue weighted by Crippen LogP contribution is 2.04. The zero-order chi connectivity index (χ0) is 9.10. The smallest absolute Gasteiger partial charge is 0.140 e. The zero-order valence-corrected chi connectivity index (χ0v) is 7.15. The van der Waals surface area contributed by atoms with E-state index in [-0.39, 0.29) is 5.82 Å². The van der Waals surface area contributed by atoms with Crippen molar-refractivity contribution in [2.75, 3.05) is 0 Å². The molecule has 0 aliphatic rings. The molecule has 1 nitrogen and oxygen atoms in total. The number of rotatable bonds is 2. The Labute approximate surface area is 76.4 Å². The number of nitrogens with zero attached hydrogens (tertiary/aromatic N) is 1. The minimum absolute atomic E-state index is 0.184. The van der Waals surface area contributed by atoms with Crippen LogP contribution in [0.4, 0.5) is 4.39 Å². The quantitative estimate of drug-likeness (QED) is 0.661. The normalized spacial score (nSPS) is 10.2. The molecule has 0 aliphatic heterocycles. The van der Waals surface area contributed by atoms with Crippen LogP contribution in [0.5, 0.6) is 0 Å². The van der Waals surface area contributed by atoms with Gasteiger partial charge in [-0.05, 0) is 11.6 Å². The van der Waals surface area contributed by atoms with E-state index in [2.05, 4.69) is 0 Å². The van der Waals surface area contributed by atoms with Gasteiger partial charge in [0.2, 0.25) is 0 Å². The Balaban J connectivity index is 2.15. The summed E-state index contributed by atoms with van der Waals surface area (Å²) in [6.45, 7) is 0.727. The molecule has 2 aromatic rings. The SMILES string of the molecule is Fc1ccn(Cc2ccccc2)c1. The first-order valence-corrected chi connectivity index (χ1v) is 4.20. The van der Waals surface area contributed by atoms with Gasteiger partial charge in [-0.2, -0.15) is 0 Å². The molecule has 1 aromatic heterocycles. The monoisotopic (exact) mass is 175 g/mol. The van der Waals surface area contributed by atoms with Gasteiger partial charge in [0.1, 0.15) is 5.82 Å². The highest BCUT2D eigenvalue weighted by atomic mass is 19.1. The Morgan fingerprint density at radius 3 is 2.46 bits per heavy atom. The molecule has 0 N–H and O–H groups in total. The van der Waals surface area contributed by atoms with E-state index >= 15 is 0 Å². The van der Waals surface area contributed by atoms with Crippen molar-refractivity contribution < 1.29 is 4.39 Å². The second-order valence-electron chi connectivity index (χ2n) is 2.99. The van der Waals surface area contributed by atoms with E-state index < -0.39 is 0 Å². The van der Waals surface area contributed by atoms with Gasteiger partial charge in [0.25, 0.3) is 0 Å². The average Bonchev–Trinajstić information content (AvgIpc) is 2.53. The lowest BCUT2D eigenvalue weighted by molar-refractivity contribution is 0.621. The predicted octanol–water partition coefficient (Wildman–Crippen LogP) is 2.68. The molecule has 0 spiro atoms. The van der Waals surface area contributed by atoms with Crippen molar-refractivity contribution in [3.8, 4) is 0 Å². The summed E-state index contributed by atoms with van der Waals surface area (Å²) in [5.41, 5.74) is 1.18. The molecule has 2 heteroatoms. The van der Waals surface area contributed by atoms with Crippen LogP contribution in [0.25, 0.3) is 0 Å². The number of hydrogen-bond donors (Lipinski definition) is 0. The van der Waals surface area contributed by atoms with Crippen LogP contribution < -0.4 is 0 Å². The van der Waals surface area contributed by atoms with Crippen LogP contribution in [0, 0.1) is 5.82 Å². The highest BCUT2D eigenvalue weighted by molar-refractivity contribution is 5.15. The second-order valence-corrected chi connectivity index (χ2v) is 2.99. The van der Waals surface area contributed by atoms with Crippen molar-refractivity contribution in [1.82, 2.24) is 4.57 Å². The van der Waals surface area contributed by atoms with Crippen LogP contribution in [-0.4, -0.2) is 4.57 Å². The van der Waals surface area contributed by atoms with Crippen molar-refractivity contribution in [1.29, 1.82) is 0 Å². The zero-order valence-electron chi connectivity index (χ0n) is 7.15. The summed E-state index contributed by atoms with van der Waals surface area (Å²) >= 11 is 0. The fourth-order valence-electron chi connectivity index (χ4n) is 1.30. The predicted molar refractivity (Wildman–Crippen MR) is 49.9 cm³/mol. The lowest BCUT2D eigenvalue weighted by Crippen LogP contribution is -1.95. The van der Waals surface area contributed by atoms with Crippen molar-refractivity contribution in [3.63, 3.8) is 0 Å². The van der Waals surface area contributed by atoms with E-state index in [0.29, 0.717) is 0 Å². The van der Waals surface area contributed by atoms with E-state index in [4.69, 9.17) is 0 Å². The van der Waals surface area contributed by atoms with Gasteiger partial charge in [0.05, 0.1) is 0 Å². The number of hydrogen-bond acceptors (Lipinski definition) is 0. The van der Waals surface area contributed by atoms with Gasteiger partial charge >= 0.3 is 0 Å². The summed E-state index contributed by atoms with van der Waals surface area (Å²) in [5.74, 6) is -0.184. The first-order chi connectivity index (χ1) is 6.34. The summed E-state index contributed by atoms with van der Waals surface area (Å²) in [6.07, 6.45) is 3.23. The highest BCUT2D eigenvalue weighted by Gasteiger charge is 1.95. The number of halogens is 1. The van der Waals surface area contributed by atoms with E-state index in [0.717, 1.165) is 6.54 Å². The van der Waals surface area contributed by atoms with Gasteiger partial charge in [0.15, 0.2) is 0 Å². The Bertz CT molecular complexity index is 378. The van der Waals surface area contributed by atoms with Crippen LogP contribution in [0.3, 0.4) is 0 Å². The van der Waals surface area contributed by atoms with Gasteiger partial charge in [-0.1, -0.05) is 30.3 Å². The third-order valence-electron chi connectivity index (χ3n) is 1.92. The number of benzene rings is 1. The van der Waals surface area contributed by atoms with Crippen LogP contribution >= 0.6 is 0 Å². The van der Waals surface area contributed by atoms with Crippen molar-refractivity contribution >= 4 is 0 Å². The molecule has 0 atom stereocenters. The Morgan fingerprint density at radius 1 is 1.08 bits per heavy atom. The van der Waals surface area contributed by atoms with E-state index in [1.165, 1.54) is 17.8 Å². The molecule has 0 radical (unpaired) electrons. The van der Waals surface area contributed by atoms with Gasteiger partial charge < -0.3 is 4.57 Å². The van der Waals surface area contributed by atoms with Gasteiger partial charge in [0, 0.05) is 18.9 Å². The first-order valence-electron chi connectivity index (χ1n) is 4.20. The van der Waals surface area contributed by atoms with Gasteiger partial charge in [-0.3, -0.25) is 0 Å². The molecule has 13 heavy (non-hydrogen) atoms. The van der Waals surface area contributed by atoms with Crippen molar-refractivity contribution in [2.24, 2.45) is 0 Å². The molecule has 1 heterocycles. The largest absolute Gasteiger partial charge is 0.347 e. The lowest BCUT2D eigenvalue weighted by atomic mass is 10.2. The van der Waals surface area contributed by atoms with Crippen LogP contribution in [0.1, 0.15) is 5.56 Å². The summed E-state index contributed by atoms with van der Waals surface area (Å²) in [5, 5.41) is 0. The van der Waals surface area contributed by atoms with E-state index in [1.807, 2.05) is 34.9 Å². The molecule has 2 rings (SSSR count). The second kappa shape index (κ2) is 3.44. The summed E-state index contributed by atoms with van der Waals surface area (Å²) in [7, 11) is 0. The molecule has 0 bridgehead atoms. The molecule has 0 fully saturated rings. The molecule has 0 aliphatic carbocycles. The molecule has 0 unspecified atom stereocenters. The maximum Gasteiger partial charge on any atom is 0.140 e. The molecular weight excluding hydrogens is 165 g/mol. The summed E-state index contributed by atoms with van der Waals surface area (Å²) in [6, 6.07) is 11.4. The lowest BCUT2D eigenvalue weighted by Gasteiger charge is -2.01. The fourth-order valence-corrected chi connectivity index (χ4v) is 1.30. The van der Waals surface area contributed by atoms with Crippen molar-refractivity contribution in [2.45, 2.75) is 6.54 Å². The van der Waals surface area contributed by atoms with E-state index in [9.17, 15) is 4.39 Å². The Morgan fingerprint density at radius 2 is 1.85 bits per heavy atom. The van der Waals surface area contributed by atoms with E-state index in [1.54, 1.807) is 6.20 Å². The van der Waals surface area contributed by atoms with Gasteiger partial charge in [-0.25, -0.2) is 4.39 Å². The van der Waals surface area contributed by atoms with Crippen LogP contribution in [-0.2, 0) is 6.54 Å². The first kappa shape index (κ1) is 8.05. The summed E-state index contributed by atoms with van der Waals surface area (Å²) < 4.78 is 14.4. The van der Waals surface area contributed by atoms with Crippen molar-refractivity contribution in [3.05, 3.63) is 60.2 Å². The maximum atomic E-state index is 12.6. The minimum atomic E-state index is -0.184. The Kier molecular flexibility index (Phi) is 2.13. The van der Waals surface area contributed by atoms with Crippen LogP contribution in [0.2, 0.25) is 0 Å². The molecule has 0 amide bonds. The van der Waals surface area contributed by atoms with Crippen LogP contribution in [0.15, 0.2) is 48.8 Å². The molecule has 1 aromatic carbocycles. The standard InChI is InChI=1S/C11H10FN/c12-11-6-7-13(9-11)8-10-4-2-1-3-5-10/h1-7,9H,8H2.